The minimum Gasteiger partial charge on any atom is -0.342 e. The van der Waals surface area contributed by atoms with E-state index in [1.54, 1.807) is 30.5 Å². The molecule has 0 saturated heterocycles. The van der Waals surface area contributed by atoms with Crippen LogP contribution in [0.1, 0.15) is 37.4 Å². The molecule has 1 atom stereocenters. The lowest BCUT2D eigenvalue weighted by Crippen LogP contribution is -2.41. The zero-order valence-electron chi connectivity index (χ0n) is 19.4. The number of aryl methyl sites for hydroxylation is 1. The Morgan fingerprint density at radius 3 is 2.36 bits per heavy atom. The predicted octanol–water partition coefficient (Wildman–Crippen LogP) is 2.87. The van der Waals surface area contributed by atoms with Crippen LogP contribution in [0.25, 0.3) is 11.0 Å². The molecule has 3 rings (SSSR count). The molecule has 2 heterocycles. The molecule has 0 spiro atoms. The normalized spacial score (nSPS) is 13.8. The van der Waals surface area contributed by atoms with E-state index in [0.717, 1.165) is 34.4 Å². The van der Waals surface area contributed by atoms with Gasteiger partial charge in [0.1, 0.15) is 11.3 Å². The third-order valence-electron chi connectivity index (χ3n) is 5.30. The number of hydrogen-bond donors (Lipinski definition) is 1. The van der Waals surface area contributed by atoms with Gasteiger partial charge in [-0.15, -0.1) is 0 Å². The van der Waals surface area contributed by atoms with Gasteiger partial charge in [-0.1, -0.05) is 26.0 Å². The summed E-state index contributed by atoms with van der Waals surface area (Å²) in [6, 6.07) is 7.87. The number of pyridine rings is 1. The fraction of sp³-hybridized carbons (Fsp3) is 0.455. The van der Waals surface area contributed by atoms with Gasteiger partial charge in [0.15, 0.2) is 0 Å². The number of H-pyrrole nitrogens is 1. The number of fused-ring (bicyclic) bond motifs is 1. The third-order valence-corrected chi connectivity index (χ3v) is 7.79. The zero-order chi connectivity index (χ0) is 24.4. The molecule has 2 aromatic heterocycles. The van der Waals surface area contributed by atoms with Crippen molar-refractivity contribution in [3.8, 4) is 0 Å². The highest BCUT2D eigenvalue weighted by Gasteiger charge is 2.29. The highest BCUT2D eigenvalue weighted by molar-refractivity contribution is 7.89. The van der Waals surface area contributed by atoms with E-state index < -0.39 is 26.2 Å². The number of aromatic nitrogens is 3. The van der Waals surface area contributed by atoms with Crippen LogP contribution in [0.15, 0.2) is 41.4 Å². The SMILES string of the molecule is Cc1nc2c(Cc3ccc(S(=O)(=O)N(C)[C@H](COS(C)(=O)=O)CC(C)C)cc3)nccc2[nH]1. The Morgan fingerprint density at radius 1 is 1.09 bits per heavy atom. The summed E-state index contributed by atoms with van der Waals surface area (Å²) in [7, 11) is -6.08. The summed E-state index contributed by atoms with van der Waals surface area (Å²) in [6.07, 6.45) is 3.64. The molecule has 180 valence electrons. The summed E-state index contributed by atoms with van der Waals surface area (Å²) in [6.45, 7) is 5.54. The molecule has 3 aromatic rings. The number of likely N-dealkylation sites (N-methyl/N-ethyl adjacent to an activating group) is 1. The summed E-state index contributed by atoms with van der Waals surface area (Å²) in [5, 5.41) is 0. The van der Waals surface area contributed by atoms with Crippen molar-refractivity contribution in [3.05, 3.63) is 53.6 Å². The lowest BCUT2D eigenvalue weighted by molar-refractivity contribution is 0.205. The predicted molar refractivity (Wildman–Crippen MR) is 127 cm³/mol. The molecule has 33 heavy (non-hydrogen) atoms. The average molecular weight is 495 g/mol. The highest BCUT2D eigenvalue weighted by Crippen LogP contribution is 2.23. The maximum Gasteiger partial charge on any atom is 0.264 e. The van der Waals surface area contributed by atoms with E-state index in [0.29, 0.717) is 12.8 Å². The Kier molecular flexibility index (Phi) is 7.57. The molecule has 1 aromatic carbocycles. The second kappa shape index (κ2) is 9.88. The van der Waals surface area contributed by atoms with Crippen LogP contribution < -0.4 is 0 Å². The molecule has 0 aliphatic rings. The Labute approximate surface area is 195 Å². The van der Waals surface area contributed by atoms with E-state index in [4.69, 9.17) is 4.18 Å². The van der Waals surface area contributed by atoms with Gasteiger partial charge < -0.3 is 4.98 Å². The van der Waals surface area contributed by atoms with E-state index in [1.165, 1.54) is 11.4 Å². The van der Waals surface area contributed by atoms with Crippen LogP contribution >= 0.6 is 0 Å². The first kappa shape index (κ1) is 25.3. The first-order valence-corrected chi connectivity index (χ1v) is 13.8. The van der Waals surface area contributed by atoms with Gasteiger partial charge in [-0.3, -0.25) is 9.17 Å². The molecule has 0 amide bonds. The van der Waals surface area contributed by atoms with Crippen LogP contribution in [0.4, 0.5) is 0 Å². The number of imidazole rings is 1. The molecule has 0 unspecified atom stereocenters. The van der Waals surface area contributed by atoms with Crippen molar-refractivity contribution >= 4 is 31.2 Å². The van der Waals surface area contributed by atoms with Gasteiger partial charge in [0.25, 0.3) is 10.1 Å². The van der Waals surface area contributed by atoms with Crippen LogP contribution in [0.2, 0.25) is 0 Å². The van der Waals surface area contributed by atoms with Crippen molar-refractivity contribution in [2.75, 3.05) is 19.9 Å². The molecule has 0 fully saturated rings. The van der Waals surface area contributed by atoms with Crippen molar-refractivity contribution in [3.63, 3.8) is 0 Å². The number of nitrogens with zero attached hydrogens (tertiary/aromatic N) is 3. The monoisotopic (exact) mass is 494 g/mol. The summed E-state index contributed by atoms with van der Waals surface area (Å²) < 4.78 is 55.4. The van der Waals surface area contributed by atoms with Gasteiger partial charge in [-0.05, 0) is 43.0 Å². The van der Waals surface area contributed by atoms with Crippen molar-refractivity contribution in [1.29, 1.82) is 0 Å². The Bertz CT molecular complexity index is 1320. The molecule has 11 heteroatoms. The minimum absolute atomic E-state index is 0.128. The Hall–Kier alpha value is -2.34. The first-order chi connectivity index (χ1) is 15.4. The number of sulfonamides is 1. The quantitative estimate of drug-likeness (QED) is 0.430. The summed E-state index contributed by atoms with van der Waals surface area (Å²) >= 11 is 0. The number of nitrogens with one attached hydrogen (secondary N) is 1. The molecule has 0 bridgehead atoms. The topological polar surface area (TPSA) is 122 Å². The molecule has 1 N–H and O–H groups in total. The number of benzene rings is 1. The fourth-order valence-corrected chi connectivity index (χ4v) is 5.40. The number of rotatable bonds is 10. The van der Waals surface area contributed by atoms with E-state index in [-0.39, 0.29) is 17.4 Å². The van der Waals surface area contributed by atoms with Gasteiger partial charge in [0.05, 0.1) is 29.0 Å². The van der Waals surface area contributed by atoms with Crippen LogP contribution in [-0.4, -0.2) is 62.0 Å². The maximum absolute atomic E-state index is 13.2. The van der Waals surface area contributed by atoms with Crippen molar-refractivity contribution < 1.29 is 21.0 Å². The van der Waals surface area contributed by atoms with Crippen molar-refractivity contribution in [1.82, 2.24) is 19.3 Å². The average Bonchev–Trinajstić information content (AvgIpc) is 3.11. The number of hydrogen-bond acceptors (Lipinski definition) is 7. The third kappa shape index (κ3) is 6.38. The Balaban J connectivity index is 1.81. The molecular formula is C22H30N4O5S2. The second-order valence-corrected chi connectivity index (χ2v) is 12.2. The van der Waals surface area contributed by atoms with E-state index in [1.807, 2.05) is 26.8 Å². The minimum atomic E-state index is -3.85. The lowest BCUT2D eigenvalue weighted by Gasteiger charge is -2.28. The van der Waals surface area contributed by atoms with Gasteiger partial charge in [0, 0.05) is 25.7 Å². The standard InChI is InChI=1S/C22H30N4O5S2/c1-15(2)12-18(14-31-32(5,27)28)26(4)33(29,30)19-8-6-17(7-9-19)13-21-22-20(10-11-23-21)24-16(3)25-22/h6-11,15,18H,12-14H2,1-5H3,(H,24,25)/t18-/m0/s1. The maximum atomic E-state index is 13.2. The van der Waals surface area contributed by atoms with Gasteiger partial charge in [-0.2, -0.15) is 12.7 Å². The molecule has 0 aliphatic heterocycles. The van der Waals surface area contributed by atoms with Gasteiger partial charge in [0.2, 0.25) is 10.0 Å². The summed E-state index contributed by atoms with van der Waals surface area (Å²) in [4.78, 5) is 12.2. The summed E-state index contributed by atoms with van der Waals surface area (Å²) in [5.74, 6) is 0.957. The fourth-order valence-electron chi connectivity index (χ4n) is 3.65. The van der Waals surface area contributed by atoms with Crippen molar-refractivity contribution in [2.45, 2.75) is 44.6 Å². The molecular weight excluding hydrogens is 464 g/mol. The molecule has 0 saturated carbocycles. The molecule has 9 nitrogen and oxygen atoms in total. The largest absolute Gasteiger partial charge is 0.342 e. The van der Waals surface area contributed by atoms with E-state index in [2.05, 4.69) is 15.0 Å². The van der Waals surface area contributed by atoms with Crippen LogP contribution in [0.5, 0.6) is 0 Å². The van der Waals surface area contributed by atoms with E-state index in [9.17, 15) is 16.8 Å². The highest BCUT2D eigenvalue weighted by atomic mass is 32.2. The van der Waals surface area contributed by atoms with Gasteiger partial charge in [-0.25, -0.2) is 13.4 Å². The zero-order valence-corrected chi connectivity index (χ0v) is 21.1. The second-order valence-electron chi connectivity index (χ2n) is 8.59. The molecule has 0 aliphatic carbocycles. The first-order valence-electron chi connectivity index (χ1n) is 10.6. The number of aromatic amines is 1. The summed E-state index contributed by atoms with van der Waals surface area (Å²) in [5.41, 5.74) is 3.41. The Morgan fingerprint density at radius 2 is 1.76 bits per heavy atom. The lowest BCUT2D eigenvalue weighted by atomic mass is 10.1. The van der Waals surface area contributed by atoms with Crippen LogP contribution in [0.3, 0.4) is 0 Å². The van der Waals surface area contributed by atoms with E-state index >= 15 is 0 Å². The van der Waals surface area contributed by atoms with Crippen LogP contribution in [0, 0.1) is 12.8 Å². The van der Waals surface area contributed by atoms with Crippen LogP contribution in [-0.2, 0) is 30.7 Å². The van der Waals surface area contributed by atoms with Crippen molar-refractivity contribution in [2.24, 2.45) is 5.92 Å². The smallest absolute Gasteiger partial charge is 0.264 e. The van der Waals surface area contributed by atoms with Gasteiger partial charge >= 0.3 is 0 Å². The molecule has 0 radical (unpaired) electrons.